The van der Waals surface area contributed by atoms with Gasteiger partial charge in [-0.2, -0.15) is 0 Å². The first-order valence-electron chi connectivity index (χ1n) is 7.47. The summed E-state index contributed by atoms with van der Waals surface area (Å²) >= 11 is 0. The summed E-state index contributed by atoms with van der Waals surface area (Å²) in [7, 11) is 0. The molecule has 1 atom stereocenters. The summed E-state index contributed by atoms with van der Waals surface area (Å²) in [5, 5.41) is 2.91. The molecule has 0 spiro atoms. The van der Waals surface area contributed by atoms with E-state index in [-0.39, 0.29) is 5.91 Å². The van der Waals surface area contributed by atoms with Crippen LogP contribution in [0.15, 0.2) is 30.3 Å². The molecule has 1 aromatic rings. The lowest BCUT2D eigenvalue weighted by Crippen LogP contribution is -2.43. The second kappa shape index (κ2) is 9.50. The summed E-state index contributed by atoms with van der Waals surface area (Å²) in [5.41, 5.74) is 7.14. The van der Waals surface area contributed by atoms with Crippen LogP contribution in [-0.2, 0) is 11.2 Å². The maximum Gasteiger partial charge on any atom is 0.236 e. The summed E-state index contributed by atoms with van der Waals surface area (Å²) in [6, 6.07) is 9.70. The molecule has 4 heteroatoms. The maximum absolute atomic E-state index is 11.9. The Morgan fingerprint density at radius 2 is 1.90 bits per heavy atom. The Kier molecular flexibility index (Phi) is 7.92. The Bertz CT molecular complexity index is 377. The fourth-order valence-corrected chi connectivity index (χ4v) is 2.11. The molecule has 0 aromatic heterocycles. The van der Waals surface area contributed by atoms with Crippen LogP contribution in [0.3, 0.4) is 0 Å². The molecule has 0 heterocycles. The van der Waals surface area contributed by atoms with Crippen LogP contribution in [0, 0.1) is 0 Å². The number of nitrogens with two attached hydrogens (primary N) is 1. The second-order valence-electron chi connectivity index (χ2n) is 4.95. The number of carbonyl (C=O) groups is 1. The van der Waals surface area contributed by atoms with E-state index in [1.54, 1.807) is 0 Å². The van der Waals surface area contributed by atoms with Crippen molar-refractivity contribution >= 4 is 5.91 Å². The molecular formula is C16H27N3O. The van der Waals surface area contributed by atoms with E-state index >= 15 is 0 Å². The third-order valence-corrected chi connectivity index (χ3v) is 3.55. The average molecular weight is 277 g/mol. The SMILES string of the molecule is CCN(CC)CCNC(=O)C(N)CCc1ccccc1. The van der Waals surface area contributed by atoms with Gasteiger partial charge >= 0.3 is 0 Å². The highest BCUT2D eigenvalue weighted by Crippen LogP contribution is 2.04. The average Bonchev–Trinajstić information content (AvgIpc) is 2.50. The first-order chi connectivity index (χ1) is 9.67. The summed E-state index contributed by atoms with van der Waals surface area (Å²) < 4.78 is 0. The monoisotopic (exact) mass is 277 g/mol. The molecule has 0 aliphatic rings. The molecule has 20 heavy (non-hydrogen) atoms. The van der Waals surface area contributed by atoms with E-state index in [1.165, 1.54) is 5.56 Å². The smallest absolute Gasteiger partial charge is 0.236 e. The number of aryl methyl sites for hydroxylation is 1. The van der Waals surface area contributed by atoms with Gasteiger partial charge in [-0.15, -0.1) is 0 Å². The predicted octanol–water partition coefficient (Wildman–Crippen LogP) is 1.40. The van der Waals surface area contributed by atoms with Gasteiger partial charge in [-0.05, 0) is 31.5 Å². The predicted molar refractivity (Wildman–Crippen MR) is 83.5 cm³/mol. The zero-order valence-corrected chi connectivity index (χ0v) is 12.6. The third-order valence-electron chi connectivity index (χ3n) is 3.55. The fraction of sp³-hybridized carbons (Fsp3) is 0.562. The Labute approximate surface area is 122 Å². The summed E-state index contributed by atoms with van der Waals surface area (Å²) in [5.74, 6) is -0.0481. The van der Waals surface area contributed by atoms with Crippen molar-refractivity contribution in [3.05, 3.63) is 35.9 Å². The number of hydrogen-bond acceptors (Lipinski definition) is 3. The van der Waals surface area contributed by atoms with Crippen molar-refractivity contribution in [2.75, 3.05) is 26.2 Å². The van der Waals surface area contributed by atoms with Crippen LogP contribution in [0.1, 0.15) is 25.8 Å². The molecule has 1 unspecified atom stereocenters. The van der Waals surface area contributed by atoms with Gasteiger partial charge in [-0.1, -0.05) is 44.2 Å². The molecule has 1 aromatic carbocycles. The molecule has 0 saturated carbocycles. The normalized spacial score (nSPS) is 12.4. The van der Waals surface area contributed by atoms with E-state index in [4.69, 9.17) is 5.73 Å². The van der Waals surface area contributed by atoms with Crippen molar-refractivity contribution in [2.45, 2.75) is 32.7 Å². The van der Waals surface area contributed by atoms with Crippen LogP contribution in [0.4, 0.5) is 0 Å². The van der Waals surface area contributed by atoms with E-state index in [2.05, 4.69) is 36.2 Å². The van der Waals surface area contributed by atoms with Gasteiger partial charge in [-0.25, -0.2) is 0 Å². The lowest BCUT2D eigenvalue weighted by Gasteiger charge is -2.19. The number of benzene rings is 1. The molecule has 1 rings (SSSR count). The van der Waals surface area contributed by atoms with Gasteiger partial charge < -0.3 is 16.0 Å². The van der Waals surface area contributed by atoms with Gasteiger partial charge in [-0.3, -0.25) is 4.79 Å². The molecule has 112 valence electrons. The topological polar surface area (TPSA) is 58.4 Å². The van der Waals surface area contributed by atoms with Crippen molar-refractivity contribution in [1.82, 2.24) is 10.2 Å². The highest BCUT2D eigenvalue weighted by molar-refractivity contribution is 5.81. The van der Waals surface area contributed by atoms with Crippen LogP contribution in [0.2, 0.25) is 0 Å². The molecular weight excluding hydrogens is 250 g/mol. The lowest BCUT2D eigenvalue weighted by molar-refractivity contribution is -0.122. The lowest BCUT2D eigenvalue weighted by atomic mass is 10.1. The van der Waals surface area contributed by atoms with Crippen LogP contribution in [-0.4, -0.2) is 43.0 Å². The van der Waals surface area contributed by atoms with Crippen molar-refractivity contribution in [1.29, 1.82) is 0 Å². The Morgan fingerprint density at radius 1 is 1.25 bits per heavy atom. The van der Waals surface area contributed by atoms with Gasteiger partial charge in [0, 0.05) is 13.1 Å². The molecule has 3 N–H and O–H groups in total. The van der Waals surface area contributed by atoms with Crippen molar-refractivity contribution in [2.24, 2.45) is 5.73 Å². The molecule has 1 amide bonds. The van der Waals surface area contributed by atoms with Crippen LogP contribution >= 0.6 is 0 Å². The van der Waals surface area contributed by atoms with Gasteiger partial charge in [0.15, 0.2) is 0 Å². The largest absolute Gasteiger partial charge is 0.353 e. The minimum Gasteiger partial charge on any atom is -0.353 e. The standard InChI is InChI=1S/C16H27N3O/c1-3-19(4-2)13-12-18-16(20)15(17)11-10-14-8-6-5-7-9-14/h5-9,15H,3-4,10-13,17H2,1-2H3,(H,18,20). The third kappa shape index (κ3) is 6.17. The first-order valence-corrected chi connectivity index (χ1v) is 7.47. The summed E-state index contributed by atoms with van der Waals surface area (Å²) in [6.45, 7) is 7.80. The van der Waals surface area contributed by atoms with Crippen LogP contribution < -0.4 is 11.1 Å². The summed E-state index contributed by atoms with van der Waals surface area (Å²) in [4.78, 5) is 14.1. The summed E-state index contributed by atoms with van der Waals surface area (Å²) in [6.07, 6.45) is 1.52. The number of amides is 1. The first kappa shape index (κ1) is 16.7. The number of hydrogen-bond donors (Lipinski definition) is 2. The quantitative estimate of drug-likeness (QED) is 0.717. The highest BCUT2D eigenvalue weighted by Gasteiger charge is 2.12. The molecule has 0 radical (unpaired) electrons. The van der Waals surface area contributed by atoms with E-state index in [0.717, 1.165) is 26.1 Å². The molecule has 0 aliphatic carbocycles. The van der Waals surface area contributed by atoms with Gasteiger partial charge in [0.2, 0.25) is 5.91 Å². The van der Waals surface area contributed by atoms with E-state index in [9.17, 15) is 4.79 Å². The van der Waals surface area contributed by atoms with Crippen molar-refractivity contribution in [3.8, 4) is 0 Å². The van der Waals surface area contributed by atoms with Gasteiger partial charge in [0.1, 0.15) is 0 Å². The zero-order chi connectivity index (χ0) is 14.8. The minimum absolute atomic E-state index is 0.0481. The fourth-order valence-electron chi connectivity index (χ4n) is 2.11. The van der Waals surface area contributed by atoms with Crippen LogP contribution in [0.25, 0.3) is 0 Å². The van der Waals surface area contributed by atoms with Crippen molar-refractivity contribution in [3.63, 3.8) is 0 Å². The molecule has 0 aliphatic heterocycles. The van der Waals surface area contributed by atoms with Crippen LogP contribution in [0.5, 0.6) is 0 Å². The number of likely N-dealkylation sites (N-methyl/N-ethyl adjacent to an activating group) is 1. The van der Waals surface area contributed by atoms with E-state index in [0.29, 0.717) is 13.0 Å². The molecule has 0 bridgehead atoms. The Morgan fingerprint density at radius 3 is 2.50 bits per heavy atom. The highest BCUT2D eigenvalue weighted by atomic mass is 16.2. The number of carbonyl (C=O) groups excluding carboxylic acids is 1. The molecule has 0 fully saturated rings. The number of rotatable bonds is 9. The van der Waals surface area contributed by atoms with Crippen molar-refractivity contribution < 1.29 is 4.79 Å². The molecule has 4 nitrogen and oxygen atoms in total. The Balaban J connectivity index is 2.22. The van der Waals surface area contributed by atoms with E-state index < -0.39 is 6.04 Å². The zero-order valence-electron chi connectivity index (χ0n) is 12.6. The van der Waals surface area contributed by atoms with Gasteiger partial charge in [0.05, 0.1) is 6.04 Å². The number of nitrogens with zero attached hydrogens (tertiary/aromatic N) is 1. The Hall–Kier alpha value is -1.39. The molecule has 0 saturated heterocycles. The minimum atomic E-state index is -0.424. The maximum atomic E-state index is 11.9. The second-order valence-corrected chi connectivity index (χ2v) is 4.95. The number of nitrogens with one attached hydrogen (secondary N) is 1. The van der Waals surface area contributed by atoms with Gasteiger partial charge in [0.25, 0.3) is 0 Å². The van der Waals surface area contributed by atoms with E-state index in [1.807, 2.05) is 18.2 Å².